The van der Waals surface area contributed by atoms with Gasteiger partial charge >= 0.3 is 0 Å². The number of carbonyl (C=O) groups is 2. The lowest BCUT2D eigenvalue weighted by molar-refractivity contribution is -0.117. The topological polar surface area (TPSA) is 73.2 Å². The van der Waals surface area contributed by atoms with Crippen LogP contribution < -0.4 is 10.2 Å². The Balaban J connectivity index is 1.73. The number of nitriles is 1. The van der Waals surface area contributed by atoms with E-state index in [4.69, 9.17) is 0 Å². The lowest BCUT2D eigenvalue weighted by Gasteiger charge is -2.19. The van der Waals surface area contributed by atoms with Crippen LogP contribution in [0.15, 0.2) is 87.9 Å². The quantitative estimate of drug-likeness (QED) is 0.317. The smallest absolute Gasteiger partial charge is 0.269 e. The first-order chi connectivity index (χ1) is 16.4. The highest BCUT2D eigenvalue weighted by Crippen LogP contribution is 2.42. The fraction of sp³-hybridized carbons (Fsp3) is 0.148. The Bertz CT molecular complexity index is 1310. The van der Waals surface area contributed by atoms with E-state index in [-0.39, 0.29) is 11.5 Å². The average Bonchev–Trinajstić information content (AvgIpc) is 3.13. The van der Waals surface area contributed by atoms with Crippen LogP contribution in [0.3, 0.4) is 0 Å². The van der Waals surface area contributed by atoms with Crippen molar-refractivity contribution in [1.29, 1.82) is 5.26 Å². The van der Waals surface area contributed by atoms with Crippen LogP contribution in [0.25, 0.3) is 0 Å². The lowest BCUT2D eigenvalue weighted by Crippen LogP contribution is -2.31. The summed E-state index contributed by atoms with van der Waals surface area (Å²) in [5.41, 5.74) is 4.33. The summed E-state index contributed by atoms with van der Waals surface area (Å²) in [4.78, 5) is 28.2. The predicted octanol–water partition coefficient (Wildman–Crippen LogP) is 6.13. The van der Waals surface area contributed by atoms with Crippen molar-refractivity contribution in [2.75, 3.05) is 10.2 Å². The zero-order chi connectivity index (χ0) is 24.2. The van der Waals surface area contributed by atoms with Crippen molar-refractivity contribution in [2.24, 2.45) is 0 Å². The van der Waals surface area contributed by atoms with Gasteiger partial charge in [0.2, 0.25) is 5.91 Å². The molecule has 0 spiro atoms. The fourth-order valence-electron chi connectivity index (χ4n) is 3.68. The number of halogens is 1. The van der Waals surface area contributed by atoms with Crippen LogP contribution >= 0.6 is 27.7 Å². The molecular formula is C27H22BrN3O2S. The summed E-state index contributed by atoms with van der Waals surface area (Å²) in [6, 6.07) is 24.6. The molecule has 1 N–H and O–H groups in total. The van der Waals surface area contributed by atoms with Crippen LogP contribution in [0.2, 0.25) is 0 Å². The van der Waals surface area contributed by atoms with Crippen LogP contribution in [-0.2, 0) is 16.0 Å². The van der Waals surface area contributed by atoms with Crippen molar-refractivity contribution in [1.82, 2.24) is 0 Å². The number of hydrogen-bond acceptors (Lipinski definition) is 4. The van der Waals surface area contributed by atoms with E-state index in [1.807, 2.05) is 68.4 Å². The second-order valence-electron chi connectivity index (χ2n) is 8.00. The van der Waals surface area contributed by atoms with Gasteiger partial charge in [-0.1, -0.05) is 69.7 Å². The maximum absolute atomic E-state index is 13.6. The molecule has 0 saturated carbocycles. The molecule has 0 aliphatic carbocycles. The normalized spacial score (nSPS) is 16.8. The summed E-state index contributed by atoms with van der Waals surface area (Å²) in [5.74, 6) is -0.690. The molecule has 5 nitrogen and oxygen atoms in total. The molecule has 1 aliphatic heterocycles. The molecule has 0 radical (unpaired) electrons. The predicted molar refractivity (Wildman–Crippen MR) is 140 cm³/mol. The fourth-order valence-corrected chi connectivity index (χ4v) is 5.24. The van der Waals surface area contributed by atoms with Crippen molar-refractivity contribution in [3.05, 3.63) is 105 Å². The Morgan fingerprint density at radius 1 is 1.06 bits per heavy atom. The number of aryl methyl sites for hydroxylation is 2. The Hall–Kier alpha value is -3.34. The number of thioether (sulfide) groups is 1. The third-order valence-electron chi connectivity index (χ3n) is 5.57. The number of amides is 2. The molecule has 1 fully saturated rings. The van der Waals surface area contributed by atoms with Crippen LogP contribution in [0.1, 0.15) is 16.7 Å². The highest BCUT2D eigenvalue weighted by Gasteiger charge is 2.41. The molecule has 4 rings (SSSR count). The second-order valence-corrected chi connectivity index (χ2v) is 10.1. The number of carbonyl (C=O) groups excluding carboxylic acids is 2. The third kappa shape index (κ3) is 5.09. The standard InChI is InChI=1S/C27H22BrN3O2S/c1-17-7-13-22(14-8-17)31-26(33)24(15-19-6-4-3-5-18(19)2)34-27(31)23(16-29)25(32)30-21-11-9-20(28)10-12-21/h3-14,24H,15H2,1-2H3,(H,30,32)/b27-23-/t24-/m1/s1. The van der Waals surface area contributed by atoms with Crippen LogP contribution in [0, 0.1) is 25.2 Å². The number of nitrogens with zero attached hydrogens (tertiary/aromatic N) is 2. The monoisotopic (exact) mass is 531 g/mol. The van der Waals surface area contributed by atoms with Gasteiger partial charge in [0.15, 0.2) is 0 Å². The Morgan fingerprint density at radius 2 is 1.74 bits per heavy atom. The molecule has 170 valence electrons. The van der Waals surface area contributed by atoms with Gasteiger partial charge < -0.3 is 5.32 Å². The zero-order valence-corrected chi connectivity index (χ0v) is 21.1. The number of benzene rings is 3. The molecule has 1 aliphatic rings. The number of rotatable bonds is 5. The third-order valence-corrected chi connectivity index (χ3v) is 7.36. The summed E-state index contributed by atoms with van der Waals surface area (Å²) in [6.07, 6.45) is 0.509. The van der Waals surface area contributed by atoms with E-state index in [9.17, 15) is 14.9 Å². The number of anilines is 2. The first-order valence-electron chi connectivity index (χ1n) is 10.7. The van der Waals surface area contributed by atoms with Crippen LogP contribution in [0.4, 0.5) is 11.4 Å². The van der Waals surface area contributed by atoms with Gasteiger partial charge in [-0.2, -0.15) is 5.26 Å². The highest BCUT2D eigenvalue weighted by atomic mass is 79.9. The Morgan fingerprint density at radius 3 is 2.38 bits per heavy atom. The van der Waals surface area contributed by atoms with Crippen molar-refractivity contribution in [3.63, 3.8) is 0 Å². The molecule has 3 aromatic rings. The van der Waals surface area contributed by atoms with E-state index in [0.717, 1.165) is 21.2 Å². The molecule has 1 heterocycles. The summed E-state index contributed by atoms with van der Waals surface area (Å²) in [6.45, 7) is 3.98. The molecule has 7 heteroatoms. The van der Waals surface area contributed by atoms with Gasteiger partial charge in [0.25, 0.3) is 5.91 Å². The number of nitrogens with one attached hydrogen (secondary N) is 1. The molecule has 0 bridgehead atoms. The molecule has 0 unspecified atom stereocenters. The maximum Gasteiger partial charge on any atom is 0.269 e. The summed E-state index contributed by atoms with van der Waals surface area (Å²) in [7, 11) is 0. The number of hydrogen-bond donors (Lipinski definition) is 1. The van der Waals surface area contributed by atoms with Crippen LogP contribution in [0.5, 0.6) is 0 Å². The van der Waals surface area contributed by atoms with Crippen molar-refractivity contribution in [3.8, 4) is 6.07 Å². The Kier molecular flexibility index (Phi) is 7.20. The maximum atomic E-state index is 13.6. The molecule has 1 saturated heterocycles. The van der Waals surface area contributed by atoms with Gasteiger partial charge in [0, 0.05) is 15.8 Å². The molecule has 0 aromatic heterocycles. The first kappa shape index (κ1) is 23.8. The second kappa shape index (κ2) is 10.3. The molecule has 3 aromatic carbocycles. The van der Waals surface area contributed by atoms with Gasteiger partial charge in [0.05, 0.1) is 5.25 Å². The van der Waals surface area contributed by atoms with Crippen LogP contribution in [-0.4, -0.2) is 17.1 Å². The SMILES string of the molecule is Cc1ccc(N2C(=O)[C@@H](Cc3ccccc3C)S/C2=C(/C#N)C(=O)Nc2ccc(Br)cc2)cc1. The van der Waals surface area contributed by atoms with Crippen molar-refractivity contribution < 1.29 is 9.59 Å². The molecule has 1 atom stereocenters. The molecular weight excluding hydrogens is 510 g/mol. The van der Waals surface area contributed by atoms with Crippen molar-refractivity contribution in [2.45, 2.75) is 25.5 Å². The minimum Gasteiger partial charge on any atom is -0.321 e. The van der Waals surface area contributed by atoms with Gasteiger partial charge in [-0.25, -0.2) is 0 Å². The van der Waals surface area contributed by atoms with Gasteiger partial charge in [0.1, 0.15) is 16.7 Å². The van der Waals surface area contributed by atoms with E-state index in [2.05, 4.69) is 21.2 Å². The van der Waals surface area contributed by atoms with Gasteiger partial charge in [-0.05, 0) is 67.8 Å². The van der Waals surface area contributed by atoms with E-state index in [1.165, 1.54) is 16.7 Å². The largest absolute Gasteiger partial charge is 0.321 e. The van der Waals surface area contributed by atoms with E-state index < -0.39 is 11.2 Å². The van der Waals surface area contributed by atoms with Gasteiger partial charge in [-0.15, -0.1) is 0 Å². The molecule has 2 amide bonds. The average molecular weight is 532 g/mol. The highest BCUT2D eigenvalue weighted by molar-refractivity contribution is 9.10. The minimum atomic E-state index is -0.547. The minimum absolute atomic E-state index is 0.0888. The Labute approximate surface area is 211 Å². The van der Waals surface area contributed by atoms with E-state index in [0.29, 0.717) is 22.8 Å². The lowest BCUT2D eigenvalue weighted by atomic mass is 10.0. The molecule has 34 heavy (non-hydrogen) atoms. The van der Waals surface area contributed by atoms with Crippen molar-refractivity contribution >= 4 is 50.9 Å². The zero-order valence-electron chi connectivity index (χ0n) is 18.7. The summed E-state index contributed by atoms with van der Waals surface area (Å²) >= 11 is 4.64. The summed E-state index contributed by atoms with van der Waals surface area (Å²) < 4.78 is 0.880. The van der Waals surface area contributed by atoms with E-state index >= 15 is 0 Å². The summed E-state index contributed by atoms with van der Waals surface area (Å²) in [5, 5.41) is 12.7. The first-order valence-corrected chi connectivity index (χ1v) is 12.4. The van der Waals surface area contributed by atoms with Gasteiger partial charge in [-0.3, -0.25) is 14.5 Å². The van der Waals surface area contributed by atoms with E-state index in [1.54, 1.807) is 24.3 Å².